The molecule has 1 aromatic rings. The van der Waals surface area contributed by atoms with Gasteiger partial charge in [-0.05, 0) is 38.5 Å². The lowest BCUT2D eigenvalue weighted by Gasteiger charge is -2.19. The molecule has 0 aromatic heterocycles. The van der Waals surface area contributed by atoms with Gasteiger partial charge in [0.2, 0.25) is 0 Å². The van der Waals surface area contributed by atoms with E-state index in [1.165, 1.54) is 0 Å². The molecule has 0 saturated carbocycles. The third-order valence-electron chi connectivity index (χ3n) is 2.70. The first-order chi connectivity index (χ1) is 8.24. The first-order valence-electron chi connectivity index (χ1n) is 5.52. The van der Waals surface area contributed by atoms with E-state index in [0.717, 1.165) is 10.0 Å². The molecule has 0 aliphatic carbocycles. The van der Waals surface area contributed by atoms with Crippen molar-refractivity contribution in [2.45, 2.75) is 20.8 Å². The van der Waals surface area contributed by atoms with Crippen LogP contribution in [0.4, 0.5) is 0 Å². The molecule has 0 aliphatic heterocycles. The Balaban J connectivity index is 2.72. The van der Waals surface area contributed by atoms with E-state index in [-0.39, 0.29) is 12.5 Å². The molecule has 0 bridgehead atoms. The van der Waals surface area contributed by atoms with Gasteiger partial charge >= 0.3 is 5.97 Å². The SMILES string of the molecule is Cc1ccc(C(=O)NCC(C)(C)C(=O)O)cc1Br. The number of amides is 1. The van der Waals surface area contributed by atoms with Gasteiger partial charge in [-0.3, -0.25) is 9.59 Å². The molecule has 0 saturated heterocycles. The fraction of sp³-hybridized carbons (Fsp3) is 0.385. The van der Waals surface area contributed by atoms with Crippen LogP contribution in [0.5, 0.6) is 0 Å². The number of carbonyl (C=O) groups excluding carboxylic acids is 1. The molecule has 18 heavy (non-hydrogen) atoms. The van der Waals surface area contributed by atoms with E-state index >= 15 is 0 Å². The van der Waals surface area contributed by atoms with Crippen molar-refractivity contribution >= 4 is 27.8 Å². The lowest BCUT2D eigenvalue weighted by molar-refractivity contribution is -0.146. The summed E-state index contributed by atoms with van der Waals surface area (Å²) in [5.74, 6) is -1.21. The second-order valence-corrected chi connectivity index (χ2v) is 5.69. The number of benzene rings is 1. The van der Waals surface area contributed by atoms with Gasteiger partial charge in [0.25, 0.3) is 5.91 Å². The number of carboxylic acids is 1. The number of nitrogens with one attached hydrogen (secondary N) is 1. The predicted molar refractivity (Wildman–Crippen MR) is 72.6 cm³/mol. The van der Waals surface area contributed by atoms with E-state index in [9.17, 15) is 9.59 Å². The van der Waals surface area contributed by atoms with Gasteiger partial charge < -0.3 is 10.4 Å². The van der Waals surface area contributed by atoms with Crippen LogP contribution in [0.3, 0.4) is 0 Å². The molecule has 4 nitrogen and oxygen atoms in total. The van der Waals surface area contributed by atoms with Crippen molar-refractivity contribution in [3.05, 3.63) is 33.8 Å². The number of rotatable bonds is 4. The zero-order chi connectivity index (χ0) is 13.9. The van der Waals surface area contributed by atoms with Gasteiger partial charge in [0, 0.05) is 16.6 Å². The Kier molecular flexibility index (Phi) is 4.51. The average Bonchev–Trinajstić information content (AvgIpc) is 2.29. The highest BCUT2D eigenvalue weighted by Gasteiger charge is 2.27. The van der Waals surface area contributed by atoms with Crippen LogP contribution in [0, 0.1) is 12.3 Å². The Labute approximate surface area is 115 Å². The van der Waals surface area contributed by atoms with Crippen LogP contribution in [0.1, 0.15) is 29.8 Å². The van der Waals surface area contributed by atoms with Gasteiger partial charge in [-0.15, -0.1) is 0 Å². The Morgan fingerprint density at radius 3 is 2.50 bits per heavy atom. The largest absolute Gasteiger partial charge is 0.481 e. The topological polar surface area (TPSA) is 66.4 Å². The van der Waals surface area contributed by atoms with E-state index in [4.69, 9.17) is 5.11 Å². The summed E-state index contributed by atoms with van der Waals surface area (Å²) in [6, 6.07) is 5.27. The molecule has 5 heteroatoms. The van der Waals surface area contributed by atoms with Gasteiger partial charge in [0.05, 0.1) is 5.41 Å². The summed E-state index contributed by atoms with van der Waals surface area (Å²) in [6.07, 6.45) is 0. The summed E-state index contributed by atoms with van der Waals surface area (Å²) >= 11 is 3.35. The highest BCUT2D eigenvalue weighted by molar-refractivity contribution is 9.10. The van der Waals surface area contributed by atoms with Gasteiger partial charge in [0.15, 0.2) is 0 Å². The van der Waals surface area contributed by atoms with Gasteiger partial charge in [-0.25, -0.2) is 0 Å². The minimum atomic E-state index is -0.975. The number of halogens is 1. The third kappa shape index (κ3) is 3.57. The number of aryl methyl sites for hydroxylation is 1. The van der Waals surface area contributed by atoms with Crippen LogP contribution < -0.4 is 5.32 Å². The van der Waals surface area contributed by atoms with E-state index in [0.29, 0.717) is 5.56 Å². The quantitative estimate of drug-likeness (QED) is 0.898. The molecule has 0 aliphatic rings. The summed E-state index contributed by atoms with van der Waals surface area (Å²) in [5.41, 5.74) is 0.573. The lowest BCUT2D eigenvalue weighted by Crippen LogP contribution is -2.38. The summed E-state index contributed by atoms with van der Waals surface area (Å²) < 4.78 is 0.854. The smallest absolute Gasteiger partial charge is 0.310 e. The van der Waals surface area contributed by atoms with Crippen LogP contribution in [-0.4, -0.2) is 23.5 Å². The molecule has 0 radical (unpaired) electrons. The van der Waals surface area contributed by atoms with Crippen molar-refractivity contribution in [1.82, 2.24) is 5.32 Å². The lowest BCUT2D eigenvalue weighted by atomic mass is 9.94. The Morgan fingerprint density at radius 1 is 1.39 bits per heavy atom. The minimum absolute atomic E-state index is 0.0899. The molecule has 0 heterocycles. The molecule has 98 valence electrons. The highest BCUT2D eigenvalue weighted by atomic mass is 79.9. The van der Waals surface area contributed by atoms with Gasteiger partial charge in [0.1, 0.15) is 0 Å². The van der Waals surface area contributed by atoms with Crippen LogP contribution in [-0.2, 0) is 4.79 Å². The maximum atomic E-state index is 11.9. The van der Waals surface area contributed by atoms with E-state index in [1.54, 1.807) is 26.0 Å². The monoisotopic (exact) mass is 313 g/mol. The maximum absolute atomic E-state index is 11.9. The second-order valence-electron chi connectivity index (χ2n) is 4.84. The van der Waals surface area contributed by atoms with Crippen LogP contribution in [0.15, 0.2) is 22.7 Å². The number of aliphatic carboxylic acids is 1. The Hall–Kier alpha value is -1.36. The number of hydrogen-bond acceptors (Lipinski definition) is 2. The molecule has 1 amide bonds. The normalized spacial score (nSPS) is 11.1. The van der Waals surface area contributed by atoms with Crippen molar-refractivity contribution in [3.8, 4) is 0 Å². The molecule has 0 spiro atoms. The van der Waals surface area contributed by atoms with Crippen molar-refractivity contribution in [2.75, 3.05) is 6.54 Å². The molecule has 0 unspecified atom stereocenters. The molecule has 2 N–H and O–H groups in total. The first kappa shape index (κ1) is 14.7. The number of hydrogen-bond donors (Lipinski definition) is 2. The van der Waals surface area contributed by atoms with E-state index < -0.39 is 11.4 Å². The molecular formula is C13H16BrNO3. The van der Waals surface area contributed by atoms with E-state index in [1.807, 2.05) is 13.0 Å². The third-order valence-corrected chi connectivity index (χ3v) is 3.56. The van der Waals surface area contributed by atoms with Crippen LogP contribution in [0.25, 0.3) is 0 Å². The fourth-order valence-electron chi connectivity index (χ4n) is 1.21. The zero-order valence-corrected chi connectivity index (χ0v) is 12.2. The molecule has 0 fully saturated rings. The van der Waals surface area contributed by atoms with E-state index in [2.05, 4.69) is 21.2 Å². The number of carbonyl (C=O) groups is 2. The first-order valence-corrected chi connectivity index (χ1v) is 6.31. The summed E-state index contributed by atoms with van der Waals surface area (Å²) in [7, 11) is 0. The van der Waals surface area contributed by atoms with Gasteiger partial charge in [-0.2, -0.15) is 0 Å². The minimum Gasteiger partial charge on any atom is -0.481 e. The van der Waals surface area contributed by atoms with Crippen molar-refractivity contribution < 1.29 is 14.7 Å². The Morgan fingerprint density at radius 2 is 2.00 bits per heavy atom. The fourth-order valence-corrected chi connectivity index (χ4v) is 1.59. The van der Waals surface area contributed by atoms with Crippen molar-refractivity contribution in [2.24, 2.45) is 5.41 Å². The zero-order valence-electron chi connectivity index (χ0n) is 10.6. The molecule has 1 rings (SSSR count). The summed E-state index contributed by atoms with van der Waals surface area (Å²) in [5, 5.41) is 11.6. The average molecular weight is 314 g/mol. The maximum Gasteiger partial charge on any atom is 0.310 e. The van der Waals surface area contributed by atoms with Gasteiger partial charge in [-0.1, -0.05) is 22.0 Å². The molecular weight excluding hydrogens is 298 g/mol. The van der Waals surface area contributed by atoms with Crippen LogP contribution >= 0.6 is 15.9 Å². The summed E-state index contributed by atoms with van der Waals surface area (Å²) in [6.45, 7) is 5.16. The predicted octanol–water partition coefficient (Wildman–Crippen LogP) is 2.60. The van der Waals surface area contributed by atoms with Crippen LogP contribution in [0.2, 0.25) is 0 Å². The number of carboxylic acid groups (broad SMARTS) is 1. The second kappa shape index (κ2) is 5.52. The molecule has 0 atom stereocenters. The highest BCUT2D eigenvalue weighted by Crippen LogP contribution is 2.18. The summed E-state index contributed by atoms with van der Waals surface area (Å²) in [4.78, 5) is 22.8. The van der Waals surface area contributed by atoms with Crippen molar-refractivity contribution in [3.63, 3.8) is 0 Å². The molecule has 1 aromatic carbocycles. The standard InChI is InChI=1S/C13H16BrNO3/c1-8-4-5-9(6-10(8)14)11(16)15-7-13(2,3)12(17)18/h4-6H,7H2,1-3H3,(H,15,16)(H,17,18). The van der Waals surface area contributed by atoms with Crippen molar-refractivity contribution in [1.29, 1.82) is 0 Å². The Bertz CT molecular complexity index is 483.